The Kier molecular flexibility index (Phi) is 8.61. The lowest BCUT2D eigenvalue weighted by atomic mass is 10.0. The van der Waals surface area contributed by atoms with Gasteiger partial charge in [0.25, 0.3) is 0 Å². The summed E-state index contributed by atoms with van der Waals surface area (Å²) in [5.41, 5.74) is 0. The molecule has 0 atom stereocenters. The van der Waals surface area contributed by atoms with Crippen LogP contribution in [0.25, 0.3) is 0 Å². The molecule has 0 radical (unpaired) electrons. The Balaban J connectivity index is 1.82. The Hall–Kier alpha value is -1.37. The molecule has 0 aromatic rings. The third-order valence-corrected chi connectivity index (χ3v) is 9.46. The molecule has 0 spiro atoms. The van der Waals surface area contributed by atoms with Gasteiger partial charge in [0.05, 0.1) is 0 Å². The summed E-state index contributed by atoms with van der Waals surface area (Å²) in [4.78, 5) is 23.9. The second-order valence-corrected chi connectivity index (χ2v) is 11.6. The normalized spacial score (nSPS) is 20.3. The van der Waals surface area contributed by atoms with Crippen molar-refractivity contribution in [3.8, 4) is 0 Å². The fraction of sp³-hybridized carbons (Fsp3) is 0.650. The molecule has 0 aromatic carbocycles. The van der Waals surface area contributed by atoms with Gasteiger partial charge < -0.3 is 14.7 Å². The van der Waals surface area contributed by atoms with Crippen LogP contribution < -0.4 is 4.98 Å². The monoisotopic (exact) mass is 377 g/mol. The fourth-order valence-electron chi connectivity index (χ4n) is 4.17. The quantitative estimate of drug-likeness (QED) is 0.486. The Bertz CT molecular complexity index is 457. The number of allylic oxidation sites excluding steroid dienone is 3. The zero-order valence-electron chi connectivity index (χ0n) is 16.1. The van der Waals surface area contributed by atoms with Crippen LogP contribution in [0.5, 0.6) is 0 Å². The van der Waals surface area contributed by atoms with Crippen molar-refractivity contribution in [2.75, 3.05) is 26.2 Å². The van der Waals surface area contributed by atoms with Crippen LogP contribution in [0, 0.1) is 0 Å². The molecule has 0 saturated carbocycles. The third-order valence-electron chi connectivity index (χ3n) is 5.51. The van der Waals surface area contributed by atoms with Crippen LogP contribution in [-0.2, 0) is 4.84 Å². The average Bonchev–Trinajstić information content (AvgIpc) is 2.63. The zero-order chi connectivity index (χ0) is 18.8. The lowest BCUT2D eigenvalue weighted by Crippen LogP contribution is -2.54. The van der Waals surface area contributed by atoms with Gasteiger partial charge in [0, 0.05) is 19.1 Å². The Morgan fingerprint density at radius 3 is 2.00 bits per heavy atom. The maximum atomic E-state index is 12.5. The minimum absolute atomic E-state index is 0.335. The van der Waals surface area contributed by atoms with Crippen LogP contribution in [0.1, 0.15) is 32.1 Å². The topological polar surface area (TPSA) is 44.8 Å². The van der Waals surface area contributed by atoms with Crippen LogP contribution in [0.15, 0.2) is 38.0 Å². The Morgan fingerprint density at radius 1 is 0.962 bits per heavy atom. The van der Waals surface area contributed by atoms with Gasteiger partial charge in [-0.25, -0.2) is 4.79 Å². The van der Waals surface area contributed by atoms with Crippen LogP contribution in [-0.4, -0.2) is 56.5 Å². The SMILES string of the molecule is C=CC[Si](CC=C)(CC=C)NC(=O)ON1CCC(N2CCCCC2)CC1. The van der Waals surface area contributed by atoms with Crippen molar-refractivity contribution in [1.29, 1.82) is 0 Å². The van der Waals surface area contributed by atoms with Gasteiger partial charge in [-0.3, -0.25) is 0 Å². The number of piperidine rings is 2. The second-order valence-electron chi connectivity index (χ2n) is 7.52. The molecule has 2 aliphatic heterocycles. The van der Waals surface area contributed by atoms with Crippen molar-refractivity contribution in [2.45, 2.75) is 56.3 Å². The molecule has 2 heterocycles. The Morgan fingerprint density at radius 2 is 1.50 bits per heavy atom. The highest BCUT2D eigenvalue weighted by atomic mass is 28.3. The van der Waals surface area contributed by atoms with Crippen LogP contribution >= 0.6 is 0 Å². The first kappa shape index (κ1) is 20.9. The number of hydrogen-bond donors (Lipinski definition) is 1. The minimum Gasteiger partial charge on any atom is -0.352 e. The molecule has 2 rings (SSSR count). The maximum Gasteiger partial charge on any atom is 0.418 e. The van der Waals surface area contributed by atoms with Crippen molar-refractivity contribution in [3.63, 3.8) is 0 Å². The van der Waals surface area contributed by atoms with E-state index in [0.29, 0.717) is 6.04 Å². The van der Waals surface area contributed by atoms with Gasteiger partial charge in [-0.05, 0) is 56.9 Å². The van der Waals surface area contributed by atoms with E-state index in [9.17, 15) is 4.79 Å². The van der Waals surface area contributed by atoms with E-state index in [0.717, 1.165) is 44.1 Å². The maximum absolute atomic E-state index is 12.5. The summed E-state index contributed by atoms with van der Waals surface area (Å²) >= 11 is 0. The number of hydroxylamine groups is 2. The number of nitrogens with one attached hydrogen (secondary N) is 1. The highest BCUT2D eigenvalue weighted by molar-refractivity contribution is 6.80. The average molecular weight is 378 g/mol. The lowest BCUT2D eigenvalue weighted by molar-refractivity contribution is -0.120. The molecular weight excluding hydrogens is 342 g/mol. The van der Waals surface area contributed by atoms with E-state index in [1.807, 2.05) is 23.3 Å². The molecule has 2 saturated heterocycles. The van der Waals surface area contributed by atoms with Crippen LogP contribution in [0.4, 0.5) is 4.79 Å². The van der Waals surface area contributed by atoms with E-state index in [-0.39, 0.29) is 6.09 Å². The standard InChI is InChI=1S/C20H35N3O2Si/c1-4-16-26(17-5-2,18-6-3)21-20(24)25-23-14-10-19(11-15-23)22-12-8-7-9-13-22/h4-6,19H,1-3,7-18H2,(H,21,24). The molecule has 0 bridgehead atoms. The lowest BCUT2D eigenvalue weighted by Gasteiger charge is -2.39. The summed E-state index contributed by atoms with van der Waals surface area (Å²) < 4.78 is 0. The molecule has 146 valence electrons. The number of carbonyl (C=O) groups excluding carboxylic acids is 1. The van der Waals surface area contributed by atoms with Gasteiger partial charge in [0.1, 0.15) is 0 Å². The van der Waals surface area contributed by atoms with E-state index in [1.165, 1.54) is 32.4 Å². The minimum atomic E-state index is -2.10. The second kappa shape index (κ2) is 10.7. The molecule has 1 N–H and O–H groups in total. The summed E-state index contributed by atoms with van der Waals surface area (Å²) in [5.74, 6) is 0. The molecule has 1 amide bonds. The third kappa shape index (κ3) is 6.11. The zero-order valence-corrected chi connectivity index (χ0v) is 17.1. The van der Waals surface area contributed by atoms with Crippen molar-refractivity contribution in [1.82, 2.24) is 14.9 Å². The number of rotatable bonds is 9. The molecule has 0 aliphatic carbocycles. The van der Waals surface area contributed by atoms with Gasteiger partial charge >= 0.3 is 6.09 Å². The van der Waals surface area contributed by atoms with E-state index in [4.69, 9.17) is 4.84 Å². The van der Waals surface area contributed by atoms with E-state index < -0.39 is 8.24 Å². The van der Waals surface area contributed by atoms with E-state index in [2.05, 4.69) is 29.6 Å². The molecule has 6 heteroatoms. The number of nitrogens with zero attached hydrogens (tertiary/aromatic N) is 2. The Labute approximate surface area is 159 Å². The van der Waals surface area contributed by atoms with Crippen molar-refractivity contribution >= 4 is 14.3 Å². The molecule has 5 nitrogen and oxygen atoms in total. The highest BCUT2D eigenvalue weighted by Crippen LogP contribution is 2.22. The molecule has 2 aliphatic rings. The van der Waals surface area contributed by atoms with Gasteiger partial charge in [-0.1, -0.05) is 24.6 Å². The van der Waals surface area contributed by atoms with Crippen molar-refractivity contribution in [2.24, 2.45) is 0 Å². The largest absolute Gasteiger partial charge is 0.418 e. The highest BCUT2D eigenvalue weighted by Gasteiger charge is 2.34. The first-order valence-corrected chi connectivity index (χ1v) is 12.6. The van der Waals surface area contributed by atoms with Crippen LogP contribution in [0.3, 0.4) is 0 Å². The number of hydrogen-bond acceptors (Lipinski definition) is 4. The molecular formula is C20H35N3O2Si. The van der Waals surface area contributed by atoms with Crippen molar-refractivity contribution < 1.29 is 9.63 Å². The van der Waals surface area contributed by atoms with Crippen LogP contribution in [0.2, 0.25) is 18.1 Å². The van der Waals surface area contributed by atoms with E-state index >= 15 is 0 Å². The van der Waals surface area contributed by atoms with Gasteiger partial charge in [0.15, 0.2) is 8.24 Å². The first-order valence-electron chi connectivity index (χ1n) is 9.94. The summed E-state index contributed by atoms with van der Waals surface area (Å²) in [6.45, 7) is 15.6. The predicted molar refractivity (Wildman–Crippen MR) is 110 cm³/mol. The molecule has 2 fully saturated rings. The van der Waals surface area contributed by atoms with Gasteiger partial charge in [-0.15, -0.1) is 24.8 Å². The van der Waals surface area contributed by atoms with Gasteiger partial charge in [0.2, 0.25) is 0 Å². The number of likely N-dealkylation sites (tertiary alicyclic amines) is 1. The first-order chi connectivity index (χ1) is 12.6. The summed E-state index contributed by atoms with van der Waals surface area (Å²) in [6, 6.07) is 3.01. The molecule has 0 aromatic heterocycles. The summed E-state index contributed by atoms with van der Waals surface area (Å²) in [6.07, 6.45) is 11.5. The predicted octanol–water partition coefficient (Wildman–Crippen LogP) is 4.08. The van der Waals surface area contributed by atoms with Gasteiger partial charge in [-0.2, -0.15) is 0 Å². The summed E-state index contributed by atoms with van der Waals surface area (Å²) in [7, 11) is -2.10. The molecule has 0 unspecified atom stereocenters. The smallest absolute Gasteiger partial charge is 0.352 e. The van der Waals surface area contributed by atoms with E-state index in [1.54, 1.807) is 0 Å². The number of carbonyl (C=O) groups is 1. The summed E-state index contributed by atoms with van der Waals surface area (Å²) in [5, 5.41) is 1.82. The molecule has 26 heavy (non-hydrogen) atoms. The fourth-order valence-corrected chi connectivity index (χ4v) is 7.11. The number of amides is 1. The van der Waals surface area contributed by atoms with Crippen molar-refractivity contribution in [3.05, 3.63) is 38.0 Å².